The van der Waals surface area contributed by atoms with Crippen LogP contribution in [0.4, 0.5) is 5.69 Å². The number of aliphatic hydroxyl groups excluding tert-OH is 1. The lowest BCUT2D eigenvalue weighted by Gasteiger charge is -2.23. The van der Waals surface area contributed by atoms with Crippen molar-refractivity contribution in [3.05, 3.63) is 18.5 Å². The van der Waals surface area contributed by atoms with Crippen molar-refractivity contribution in [1.82, 2.24) is 4.98 Å². The Balaban J connectivity index is 2.11. The molecule has 1 amide bonds. The predicted molar refractivity (Wildman–Crippen MR) is 76.6 cm³/mol. The van der Waals surface area contributed by atoms with Crippen LogP contribution in [0.5, 0.6) is 5.75 Å². The van der Waals surface area contributed by atoms with Crippen LogP contribution in [0.2, 0.25) is 0 Å². The highest BCUT2D eigenvalue weighted by Gasteiger charge is 2.32. The summed E-state index contributed by atoms with van der Waals surface area (Å²) >= 11 is 0. The van der Waals surface area contributed by atoms with Crippen LogP contribution in [0.1, 0.15) is 40.0 Å². The maximum atomic E-state index is 12.2. The second-order valence-corrected chi connectivity index (χ2v) is 6.18. The number of aliphatic hydroxyl groups is 1. The molecule has 20 heavy (non-hydrogen) atoms. The second kappa shape index (κ2) is 5.79. The Morgan fingerprint density at radius 2 is 2.20 bits per heavy atom. The summed E-state index contributed by atoms with van der Waals surface area (Å²) in [4.78, 5) is 16.2. The fourth-order valence-corrected chi connectivity index (χ4v) is 2.37. The number of rotatable bonds is 3. The van der Waals surface area contributed by atoms with Crippen LogP contribution < -0.4 is 10.1 Å². The van der Waals surface area contributed by atoms with E-state index in [1.807, 2.05) is 20.8 Å². The molecule has 0 spiro atoms. The minimum atomic E-state index is -0.543. The molecule has 0 bridgehead atoms. The first-order chi connectivity index (χ1) is 9.37. The molecule has 1 heterocycles. The van der Waals surface area contributed by atoms with Crippen molar-refractivity contribution in [2.45, 2.75) is 51.7 Å². The maximum Gasteiger partial charge on any atom is 0.230 e. The largest absolute Gasteiger partial charge is 0.486 e. The highest BCUT2D eigenvalue weighted by molar-refractivity contribution is 5.94. The molecule has 0 aliphatic heterocycles. The third kappa shape index (κ3) is 3.70. The van der Waals surface area contributed by atoms with Gasteiger partial charge in [0.25, 0.3) is 0 Å². The van der Waals surface area contributed by atoms with Gasteiger partial charge in [0.05, 0.1) is 18.2 Å². The molecular formula is C15H22N2O3. The molecule has 1 aliphatic rings. The Labute approximate surface area is 119 Å². The zero-order valence-electron chi connectivity index (χ0n) is 12.2. The summed E-state index contributed by atoms with van der Waals surface area (Å²) in [6, 6.07) is 1.73. The highest BCUT2D eigenvalue weighted by atomic mass is 16.5. The number of carbonyl (C=O) groups excluding carboxylic acids is 1. The van der Waals surface area contributed by atoms with E-state index in [0.29, 0.717) is 17.9 Å². The molecular weight excluding hydrogens is 256 g/mol. The Morgan fingerprint density at radius 1 is 1.45 bits per heavy atom. The number of nitrogens with one attached hydrogen (secondary N) is 1. The number of nitrogens with zero attached hydrogens (tertiary/aromatic N) is 1. The van der Waals surface area contributed by atoms with Crippen LogP contribution >= 0.6 is 0 Å². The predicted octanol–water partition coefficient (Wildman–Crippen LogP) is 2.36. The standard InChI is InChI=1S/C15H22N2O3/c1-15(2,3)20-13-7-8-16-9-11(13)17-14(19)10-5-4-6-12(10)18/h7-10,12,18H,4-6H2,1-3H3,(H,17,19). The van der Waals surface area contributed by atoms with Crippen LogP contribution in [0.25, 0.3) is 0 Å². The molecule has 1 aliphatic carbocycles. The molecule has 1 aromatic rings. The second-order valence-electron chi connectivity index (χ2n) is 6.18. The van der Waals surface area contributed by atoms with E-state index in [1.165, 1.54) is 0 Å². The first kappa shape index (κ1) is 14.8. The van der Waals surface area contributed by atoms with Crippen molar-refractivity contribution in [2.24, 2.45) is 5.92 Å². The molecule has 5 heteroatoms. The summed E-state index contributed by atoms with van der Waals surface area (Å²) in [5.41, 5.74) is 0.194. The topological polar surface area (TPSA) is 71.5 Å². The van der Waals surface area contributed by atoms with Crippen LogP contribution in [0.15, 0.2) is 18.5 Å². The molecule has 2 unspecified atom stereocenters. The van der Waals surface area contributed by atoms with Gasteiger partial charge in [-0.05, 0) is 40.0 Å². The Morgan fingerprint density at radius 3 is 2.80 bits per heavy atom. The van der Waals surface area contributed by atoms with Crippen LogP contribution in [-0.2, 0) is 4.79 Å². The zero-order chi connectivity index (χ0) is 14.8. The van der Waals surface area contributed by atoms with Crippen molar-refractivity contribution in [2.75, 3.05) is 5.32 Å². The maximum absolute atomic E-state index is 12.2. The highest BCUT2D eigenvalue weighted by Crippen LogP contribution is 2.30. The van der Waals surface area contributed by atoms with Crippen molar-refractivity contribution in [1.29, 1.82) is 0 Å². The summed E-state index contributed by atoms with van der Waals surface area (Å²) in [6.45, 7) is 5.83. The lowest BCUT2D eigenvalue weighted by Crippen LogP contribution is -2.29. The number of anilines is 1. The number of amides is 1. The van der Waals surface area contributed by atoms with Gasteiger partial charge in [-0.3, -0.25) is 9.78 Å². The minimum absolute atomic E-state index is 0.165. The van der Waals surface area contributed by atoms with E-state index in [4.69, 9.17) is 4.74 Å². The molecule has 2 rings (SSSR count). The van der Waals surface area contributed by atoms with Gasteiger partial charge >= 0.3 is 0 Å². The SMILES string of the molecule is CC(C)(C)Oc1ccncc1NC(=O)C1CCCC1O. The average molecular weight is 278 g/mol. The van der Waals surface area contributed by atoms with Crippen molar-refractivity contribution in [3.63, 3.8) is 0 Å². The molecule has 1 fully saturated rings. The van der Waals surface area contributed by atoms with E-state index >= 15 is 0 Å². The monoisotopic (exact) mass is 278 g/mol. The van der Waals surface area contributed by atoms with Crippen molar-refractivity contribution in [3.8, 4) is 5.75 Å². The summed E-state index contributed by atoms with van der Waals surface area (Å²) in [6.07, 6.45) is 4.96. The number of hydrogen-bond acceptors (Lipinski definition) is 4. The first-order valence-electron chi connectivity index (χ1n) is 6.99. The molecule has 110 valence electrons. The lowest BCUT2D eigenvalue weighted by molar-refractivity contribution is -0.122. The van der Waals surface area contributed by atoms with Crippen molar-refractivity contribution >= 4 is 11.6 Å². The van der Waals surface area contributed by atoms with E-state index < -0.39 is 6.10 Å². The van der Waals surface area contributed by atoms with Gasteiger partial charge in [-0.25, -0.2) is 0 Å². The minimum Gasteiger partial charge on any atom is -0.486 e. The van der Waals surface area contributed by atoms with E-state index in [2.05, 4.69) is 10.3 Å². The third-order valence-corrected chi connectivity index (χ3v) is 3.27. The van der Waals surface area contributed by atoms with E-state index in [0.717, 1.165) is 12.8 Å². The van der Waals surface area contributed by atoms with E-state index in [1.54, 1.807) is 18.5 Å². The van der Waals surface area contributed by atoms with Gasteiger partial charge in [0.1, 0.15) is 17.0 Å². The Bertz CT molecular complexity index is 482. The summed E-state index contributed by atoms with van der Waals surface area (Å²) < 4.78 is 5.81. The molecule has 1 aromatic heterocycles. The number of hydrogen-bond donors (Lipinski definition) is 2. The summed E-state index contributed by atoms with van der Waals surface area (Å²) in [5, 5.41) is 12.6. The fourth-order valence-electron chi connectivity index (χ4n) is 2.37. The van der Waals surface area contributed by atoms with Gasteiger partial charge < -0.3 is 15.2 Å². The van der Waals surface area contributed by atoms with E-state index in [9.17, 15) is 9.90 Å². The first-order valence-corrected chi connectivity index (χ1v) is 6.99. The molecule has 1 saturated carbocycles. The van der Waals surface area contributed by atoms with Gasteiger partial charge in [0, 0.05) is 12.3 Å². The quantitative estimate of drug-likeness (QED) is 0.890. The van der Waals surface area contributed by atoms with Gasteiger partial charge in [0.2, 0.25) is 5.91 Å². The summed E-state index contributed by atoms with van der Waals surface area (Å²) in [5.74, 6) is 0.0905. The molecule has 0 saturated heterocycles. The molecule has 2 N–H and O–H groups in total. The number of carbonyl (C=O) groups is 1. The van der Waals surface area contributed by atoms with Gasteiger partial charge in [-0.15, -0.1) is 0 Å². The van der Waals surface area contributed by atoms with Crippen LogP contribution in [-0.4, -0.2) is 27.7 Å². The number of pyridine rings is 1. The third-order valence-electron chi connectivity index (χ3n) is 3.27. The van der Waals surface area contributed by atoms with Gasteiger partial charge in [-0.2, -0.15) is 0 Å². The van der Waals surface area contributed by atoms with Gasteiger partial charge in [-0.1, -0.05) is 0 Å². The normalized spacial score (nSPS) is 22.6. The lowest BCUT2D eigenvalue weighted by atomic mass is 10.1. The zero-order valence-corrected chi connectivity index (χ0v) is 12.2. The van der Waals surface area contributed by atoms with E-state index in [-0.39, 0.29) is 17.4 Å². The number of ether oxygens (including phenoxy) is 1. The van der Waals surface area contributed by atoms with Crippen LogP contribution in [0, 0.1) is 5.92 Å². The fraction of sp³-hybridized carbons (Fsp3) is 0.600. The Kier molecular flexibility index (Phi) is 4.28. The average Bonchev–Trinajstić information content (AvgIpc) is 2.76. The molecule has 2 atom stereocenters. The van der Waals surface area contributed by atoms with Gasteiger partial charge in [0.15, 0.2) is 0 Å². The molecule has 0 aromatic carbocycles. The smallest absolute Gasteiger partial charge is 0.230 e. The van der Waals surface area contributed by atoms with Crippen LogP contribution in [0.3, 0.4) is 0 Å². The molecule has 0 radical (unpaired) electrons. The Hall–Kier alpha value is -1.62. The molecule has 5 nitrogen and oxygen atoms in total. The summed E-state index contributed by atoms with van der Waals surface area (Å²) in [7, 11) is 0. The number of aromatic nitrogens is 1. The van der Waals surface area contributed by atoms with Crippen molar-refractivity contribution < 1.29 is 14.6 Å².